The number of imidazole rings is 1. The number of aromatic nitrogens is 2. The smallest absolute Gasteiger partial charge is 0.248 e. The largest absolute Gasteiger partial charge is 0.323 e. The van der Waals surface area contributed by atoms with Crippen LogP contribution in [-0.4, -0.2) is 24.8 Å². The van der Waals surface area contributed by atoms with Gasteiger partial charge in [-0.2, -0.15) is 0 Å². The van der Waals surface area contributed by atoms with Crippen LogP contribution in [0.4, 0.5) is 5.69 Å². The van der Waals surface area contributed by atoms with Gasteiger partial charge in [0, 0.05) is 39.8 Å². The highest BCUT2D eigenvalue weighted by atomic mass is 35.5. The molecule has 156 valence electrons. The summed E-state index contributed by atoms with van der Waals surface area (Å²) in [6, 6.07) is 13.2. The van der Waals surface area contributed by atoms with E-state index in [1.54, 1.807) is 6.08 Å². The minimum atomic E-state index is -0.869. The molecule has 1 aliphatic rings. The van der Waals surface area contributed by atoms with Gasteiger partial charge in [0.2, 0.25) is 5.91 Å². The van der Waals surface area contributed by atoms with Crippen LogP contribution in [0.2, 0.25) is 5.15 Å². The zero-order valence-electron chi connectivity index (χ0n) is 16.6. The maximum absolute atomic E-state index is 12.7. The van der Waals surface area contributed by atoms with Crippen LogP contribution in [0, 0.1) is 0 Å². The Morgan fingerprint density at radius 2 is 2.03 bits per heavy atom. The Bertz CT molecular complexity index is 1100. The van der Waals surface area contributed by atoms with Crippen molar-refractivity contribution in [2.24, 2.45) is 0 Å². The molecule has 1 aliphatic carbocycles. The number of carbonyl (C=O) groups is 1. The molecule has 2 aromatic heterocycles. The first-order valence-electron chi connectivity index (χ1n) is 10.2. The molecule has 4 rings (SSSR count). The molecule has 0 radical (unpaired) electrons. The number of anilines is 1. The van der Waals surface area contributed by atoms with Crippen LogP contribution < -0.4 is 5.32 Å². The summed E-state index contributed by atoms with van der Waals surface area (Å²) < 4.78 is 14.5. The van der Waals surface area contributed by atoms with E-state index in [0.717, 1.165) is 24.1 Å². The molecule has 1 amide bonds. The summed E-state index contributed by atoms with van der Waals surface area (Å²) >= 11 is 6.20. The molecule has 1 aromatic carbocycles. The summed E-state index contributed by atoms with van der Waals surface area (Å²) in [7, 11) is -0.869. The number of hydrogen-bond donors (Lipinski definition) is 1. The van der Waals surface area contributed by atoms with Crippen molar-refractivity contribution in [1.29, 1.82) is 0 Å². The Balaban J connectivity index is 1.41. The molecule has 3 aromatic rings. The number of benzene rings is 1. The lowest BCUT2D eigenvalue weighted by atomic mass is 10.0. The van der Waals surface area contributed by atoms with E-state index < -0.39 is 10.8 Å². The lowest BCUT2D eigenvalue weighted by molar-refractivity contribution is -0.111. The summed E-state index contributed by atoms with van der Waals surface area (Å²) in [6.45, 7) is 0. The number of amides is 1. The van der Waals surface area contributed by atoms with Gasteiger partial charge < -0.3 is 5.32 Å². The maximum atomic E-state index is 12.7. The summed E-state index contributed by atoms with van der Waals surface area (Å²) in [4.78, 5) is 16.7. The van der Waals surface area contributed by atoms with Gasteiger partial charge in [-0.1, -0.05) is 49.1 Å². The number of nitrogens with one attached hydrogen (secondary N) is 1. The first-order valence-corrected chi connectivity index (χ1v) is 11.9. The first kappa shape index (κ1) is 20.8. The summed E-state index contributed by atoms with van der Waals surface area (Å²) in [5, 5.41) is 3.51. The van der Waals surface area contributed by atoms with Crippen LogP contribution in [0.25, 0.3) is 11.7 Å². The molecule has 1 N–H and O–H groups in total. The van der Waals surface area contributed by atoms with E-state index in [1.807, 2.05) is 53.1 Å². The molecule has 1 atom stereocenters. The van der Waals surface area contributed by atoms with Gasteiger partial charge in [0.1, 0.15) is 5.65 Å². The molecular formula is C23H24ClN3O2S. The van der Waals surface area contributed by atoms with Crippen molar-refractivity contribution in [3.8, 4) is 0 Å². The molecule has 0 aliphatic heterocycles. The molecule has 1 unspecified atom stereocenters. The first-order chi connectivity index (χ1) is 14.6. The molecule has 1 fully saturated rings. The van der Waals surface area contributed by atoms with Gasteiger partial charge in [0.05, 0.1) is 5.69 Å². The molecule has 2 heterocycles. The average molecular weight is 442 g/mol. The topological polar surface area (TPSA) is 63.5 Å². The van der Waals surface area contributed by atoms with Gasteiger partial charge in [-0.3, -0.25) is 13.4 Å². The second-order valence-electron chi connectivity index (χ2n) is 7.52. The summed E-state index contributed by atoms with van der Waals surface area (Å²) in [5.74, 6) is 0.268. The SMILES string of the molecule is O=C(/C=C/c1c(Cl)nc2ccccn12)Nc1cccc(CS(=O)C2CCCCC2)c1. The van der Waals surface area contributed by atoms with Crippen LogP contribution >= 0.6 is 11.6 Å². The highest BCUT2D eigenvalue weighted by molar-refractivity contribution is 7.84. The number of halogens is 1. The van der Waals surface area contributed by atoms with Crippen molar-refractivity contribution in [3.05, 3.63) is 71.1 Å². The number of rotatable bonds is 6. The lowest BCUT2D eigenvalue weighted by Gasteiger charge is -2.21. The van der Waals surface area contributed by atoms with Crippen LogP contribution in [0.15, 0.2) is 54.7 Å². The fraction of sp³-hybridized carbons (Fsp3) is 0.304. The highest BCUT2D eigenvalue weighted by Crippen LogP contribution is 2.24. The Morgan fingerprint density at radius 1 is 1.20 bits per heavy atom. The fourth-order valence-electron chi connectivity index (χ4n) is 3.82. The van der Waals surface area contributed by atoms with Gasteiger partial charge in [0.15, 0.2) is 5.15 Å². The van der Waals surface area contributed by atoms with E-state index in [9.17, 15) is 9.00 Å². The molecule has 0 saturated heterocycles. The van der Waals surface area contributed by atoms with E-state index >= 15 is 0 Å². The minimum absolute atomic E-state index is 0.262. The normalized spacial score (nSPS) is 16.2. The predicted octanol–water partition coefficient (Wildman–Crippen LogP) is 5.22. The second kappa shape index (κ2) is 9.58. The second-order valence-corrected chi connectivity index (χ2v) is 9.60. The molecule has 5 nitrogen and oxygen atoms in total. The Morgan fingerprint density at radius 3 is 2.87 bits per heavy atom. The third-order valence-electron chi connectivity index (χ3n) is 5.34. The van der Waals surface area contributed by atoms with Gasteiger partial charge >= 0.3 is 0 Å². The third-order valence-corrected chi connectivity index (χ3v) is 7.45. The van der Waals surface area contributed by atoms with E-state index in [-0.39, 0.29) is 5.91 Å². The number of hydrogen-bond acceptors (Lipinski definition) is 3. The predicted molar refractivity (Wildman–Crippen MR) is 123 cm³/mol. The minimum Gasteiger partial charge on any atom is -0.323 e. The molecular weight excluding hydrogens is 418 g/mol. The van der Waals surface area contributed by atoms with Crippen LogP contribution in [0.3, 0.4) is 0 Å². The van der Waals surface area contributed by atoms with Crippen molar-refractivity contribution in [3.63, 3.8) is 0 Å². The van der Waals surface area contributed by atoms with Gasteiger partial charge in [-0.15, -0.1) is 0 Å². The van der Waals surface area contributed by atoms with Crippen molar-refractivity contribution < 1.29 is 9.00 Å². The van der Waals surface area contributed by atoms with Crippen LogP contribution in [0.5, 0.6) is 0 Å². The fourth-order valence-corrected chi connectivity index (χ4v) is 5.67. The van der Waals surface area contributed by atoms with Gasteiger partial charge in [0.25, 0.3) is 0 Å². The lowest BCUT2D eigenvalue weighted by Crippen LogP contribution is -2.19. The van der Waals surface area contributed by atoms with Crippen molar-refractivity contribution in [2.45, 2.75) is 43.1 Å². The van der Waals surface area contributed by atoms with Crippen LogP contribution in [-0.2, 0) is 21.3 Å². The molecule has 1 saturated carbocycles. The molecule has 30 heavy (non-hydrogen) atoms. The highest BCUT2D eigenvalue weighted by Gasteiger charge is 2.19. The van der Waals surface area contributed by atoms with Crippen LogP contribution in [0.1, 0.15) is 43.4 Å². The van der Waals surface area contributed by atoms with E-state index in [4.69, 9.17) is 11.6 Å². The Kier molecular flexibility index (Phi) is 6.65. The average Bonchev–Trinajstić information content (AvgIpc) is 3.08. The molecule has 7 heteroatoms. The Hall–Kier alpha value is -2.44. The number of pyridine rings is 1. The van der Waals surface area contributed by atoms with Crippen molar-refractivity contribution in [1.82, 2.24) is 9.38 Å². The number of nitrogens with zero attached hydrogens (tertiary/aromatic N) is 2. The third kappa shape index (κ3) is 4.99. The Labute approximate surface area is 183 Å². The monoisotopic (exact) mass is 441 g/mol. The summed E-state index contributed by atoms with van der Waals surface area (Å²) in [6.07, 6.45) is 10.7. The molecule has 0 bridgehead atoms. The number of carbonyl (C=O) groups excluding carboxylic acids is 1. The van der Waals surface area contributed by atoms with Gasteiger partial charge in [-0.05, 0) is 48.7 Å². The van der Waals surface area contributed by atoms with Crippen molar-refractivity contribution in [2.75, 3.05) is 5.32 Å². The van der Waals surface area contributed by atoms with E-state index in [0.29, 0.717) is 27.5 Å². The standard InChI is InChI=1S/C23H24ClN3O2S/c24-23-20(27-14-5-4-11-21(27)26-23)12-13-22(28)25-18-8-6-7-17(15-18)16-30(29)19-9-2-1-3-10-19/h4-8,11-15,19H,1-3,9-10,16H2,(H,25,28)/b13-12+. The van der Waals surface area contributed by atoms with E-state index in [2.05, 4.69) is 10.3 Å². The number of fused-ring (bicyclic) bond motifs is 1. The quantitative estimate of drug-likeness (QED) is 0.533. The van der Waals surface area contributed by atoms with E-state index in [1.165, 1.54) is 25.3 Å². The molecule has 0 spiro atoms. The van der Waals surface area contributed by atoms with Crippen molar-refractivity contribution >= 4 is 45.7 Å². The zero-order chi connectivity index (χ0) is 20.9. The summed E-state index contributed by atoms with van der Waals surface area (Å²) in [5.41, 5.74) is 3.04. The zero-order valence-corrected chi connectivity index (χ0v) is 18.2. The maximum Gasteiger partial charge on any atom is 0.248 e. The van der Waals surface area contributed by atoms with Gasteiger partial charge in [-0.25, -0.2) is 4.98 Å².